The van der Waals surface area contributed by atoms with Gasteiger partial charge in [0.25, 0.3) is 0 Å². The Kier molecular flexibility index (Phi) is 9.12. The van der Waals surface area contributed by atoms with Crippen molar-refractivity contribution >= 4 is 29.9 Å². The molecule has 0 bridgehead atoms. The van der Waals surface area contributed by atoms with Crippen molar-refractivity contribution in [3.05, 3.63) is 42.1 Å². The molecule has 0 radical (unpaired) electrons. The average molecular weight is 486 g/mol. The normalized spacial score (nSPS) is 17.7. The zero-order valence-electron chi connectivity index (χ0n) is 16.2. The minimum atomic E-state index is 0. The molecule has 3 heterocycles. The van der Waals surface area contributed by atoms with Crippen LogP contribution in [0.2, 0.25) is 0 Å². The number of aliphatic imine (C=N–C) groups is 1. The smallest absolute Gasteiger partial charge is 0.191 e. The molecule has 2 aromatic rings. The molecule has 0 aliphatic carbocycles. The zero-order valence-corrected chi connectivity index (χ0v) is 18.6. The minimum Gasteiger partial charge on any atom is -0.469 e. The first-order valence-electron chi connectivity index (χ1n) is 9.51. The lowest BCUT2D eigenvalue weighted by Gasteiger charge is -2.24. The maximum Gasteiger partial charge on any atom is 0.191 e. The molecule has 0 spiro atoms. The van der Waals surface area contributed by atoms with Gasteiger partial charge in [-0.05, 0) is 44.1 Å². The van der Waals surface area contributed by atoms with E-state index in [0.717, 1.165) is 43.5 Å². The molecule has 8 heteroatoms. The molecule has 0 amide bonds. The lowest BCUT2D eigenvalue weighted by Crippen LogP contribution is -2.45. The molecule has 1 atom stereocenters. The predicted molar refractivity (Wildman–Crippen MR) is 118 cm³/mol. The fraction of sp³-hybridized carbons (Fsp3) is 0.579. The van der Waals surface area contributed by atoms with E-state index in [2.05, 4.69) is 27.6 Å². The summed E-state index contributed by atoms with van der Waals surface area (Å²) in [4.78, 5) is 7.28. The minimum absolute atomic E-state index is 0. The fourth-order valence-corrected chi connectivity index (χ4v) is 3.41. The first kappa shape index (κ1) is 21.7. The van der Waals surface area contributed by atoms with E-state index in [0.29, 0.717) is 12.6 Å². The lowest BCUT2D eigenvalue weighted by molar-refractivity contribution is 0.267. The highest BCUT2D eigenvalue weighted by Crippen LogP contribution is 2.15. The van der Waals surface area contributed by atoms with E-state index in [1.165, 1.54) is 19.4 Å². The number of nitrogens with zero attached hydrogens (tertiary/aromatic N) is 4. The Balaban J connectivity index is 0.00000261. The highest BCUT2D eigenvalue weighted by molar-refractivity contribution is 14.0. The van der Waals surface area contributed by atoms with E-state index < -0.39 is 0 Å². The van der Waals surface area contributed by atoms with Gasteiger partial charge in [0, 0.05) is 38.8 Å². The van der Waals surface area contributed by atoms with Gasteiger partial charge in [-0.1, -0.05) is 6.92 Å². The van der Waals surface area contributed by atoms with Gasteiger partial charge in [0.1, 0.15) is 5.76 Å². The summed E-state index contributed by atoms with van der Waals surface area (Å²) in [7, 11) is 1.94. The first-order chi connectivity index (χ1) is 12.8. The lowest BCUT2D eigenvalue weighted by atomic mass is 10.2. The number of hydrogen-bond acceptors (Lipinski definition) is 4. The van der Waals surface area contributed by atoms with E-state index >= 15 is 0 Å². The van der Waals surface area contributed by atoms with Gasteiger partial charge in [0.05, 0.1) is 18.5 Å². The maximum absolute atomic E-state index is 5.40. The second-order valence-electron chi connectivity index (χ2n) is 6.67. The zero-order chi connectivity index (χ0) is 18.2. The van der Waals surface area contributed by atoms with Gasteiger partial charge < -0.3 is 15.1 Å². The summed E-state index contributed by atoms with van der Waals surface area (Å²) in [6.07, 6.45) is 6.89. The Bertz CT molecular complexity index is 684. The topological polar surface area (TPSA) is 70.6 Å². The van der Waals surface area contributed by atoms with E-state index in [4.69, 9.17) is 9.41 Å². The standard InChI is InChI=1S/C19H30N6O.HI/c1-3-25-12-4-6-17(25)15-22-19(20-10-9-18-7-5-13-26-18)21-14-16-8-11-23-24(16)2;/h5,7-8,11,13,17H,3-4,6,9-10,12,14-15H2,1-2H3,(H2,20,21,22);1H. The molecule has 3 rings (SSSR count). The third kappa shape index (κ3) is 6.53. The summed E-state index contributed by atoms with van der Waals surface area (Å²) in [5, 5.41) is 11.2. The molecule has 1 saturated heterocycles. The Labute approximate surface area is 178 Å². The maximum atomic E-state index is 5.40. The first-order valence-corrected chi connectivity index (χ1v) is 9.51. The van der Waals surface area contributed by atoms with Gasteiger partial charge in [-0.15, -0.1) is 24.0 Å². The number of aromatic nitrogens is 2. The van der Waals surface area contributed by atoms with E-state index in [1.54, 1.807) is 12.5 Å². The van der Waals surface area contributed by atoms with Crippen molar-refractivity contribution in [3.63, 3.8) is 0 Å². The highest BCUT2D eigenvalue weighted by atomic mass is 127. The van der Waals surface area contributed by atoms with Crippen LogP contribution in [0.15, 0.2) is 40.1 Å². The fourth-order valence-electron chi connectivity index (χ4n) is 3.41. The molecule has 1 aliphatic heterocycles. The van der Waals surface area contributed by atoms with Crippen LogP contribution in [0, 0.1) is 0 Å². The number of aryl methyl sites for hydroxylation is 1. The number of halogens is 1. The van der Waals surface area contributed by atoms with Gasteiger partial charge in [-0.2, -0.15) is 5.10 Å². The van der Waals surface area contributed by atoms with Crippen molar-refractivity contribution in [1.29, 1.82) is 0 Å². The second kappa shape index (κ2) is 11.3. The third-order valence-corrected chi connectivity index (χ3v) is 4.98. The van der Waals surface area contributed by atoms with Crippen molar-refractivity contribution in [2.24, 2.45) is 12.0 Å². The quantitative estimate of drug-likeness (QED) is 0.341. The SMILES string of the molecule is CCN1CCCC1CNC(=NCc1ccnn1C)NCCc1ccco1.I. The van der Waals surface area contributed by atoms with Crippen LogP contribution in [-0.2, 0) is 20.0 Å². The third-order valence-electron chi connectivity index (χ3n) is 4.98. The Morgan fingerprint density at radius 1 is 1.37 bits per heavy atom. The Morgan fingerprint density at radius 2 is 2.26 bits per heavy atom. The van der Waals surface area contributed by atoms with Gasteiger partial charge in [-0.3, -0.25) is 9.58 Å². The number of furan rings is 1. The summed E-state index contributed by atoms with van der Waals surface area (Å²) in [5.41, 5.74) is 1.09. The Morgan fingerprint density at radius 3 is 2.96 bits per heavy atom. The van der Waals surface area contributed by atoms with Gasteiger partial charge >= 0.3 is 0 Å². The van der Waals surface area contributed by atoms with Gasteiger partial charge in [-0.25, -0.2) is 4.99 Å². The van der Waals surface area contributed by atoms with Crippen molar-refractivity contribution < 1.29 is 4.42 Å². The summed E-state index contributed by atoms with van der Waals surface area (Å²) in [6.45, 7) is 6.86. The van der Waals surface area contributed by atoms with Crippen LogP contribution in [0.3, 0.4) is 0 Å². The monoisotopic (exact) mass is 486 g/mol. The second-order valence-corrected chi connectivity index (χ2v) is 6.67. The van der Waals surface area contributed by atoms with Crippen LogP contribution < -0.4 is 10.6 Å². The van der Waals surface area contributed by atoms with Crippen LogP contribution in [0.5, 0.6) is 0 Å². The van der Waals surface area contributed by atoms with E-state index in [-0.39, 0.29) is 24.0 Å². The highest BCUT2D eigenvalue weighted by Gasteiger charge is 2.22. The van der Waals surface area contributed by atoms with Crippen molar-refractivity contribution in [1.82, 2.24) is 25.3 Å². The molecule has 2 aromatic heterocycles. The average Bonchev–Trinajstić information content (AvgIpc) is 3.39. The van der Waals surface area contributed by atoms with Crippen LogP contribution in [0.25, 0.3) is 0 Å². The molecular weight excluding hydrogens is 455 g/mol. The molecule has 1 aliphatic rings. The van der Waals surface area contributed by atoms with Crippen LogP contribution in [0.1, 0.15) is 31.2 Å². The van der Waals surface area contributed by atoms with Crippen LogP contribution >= 0.6 is 24.0 Å². The predicted octanol–water partition coefficient (Wildman–Crippen LogP) is 2.39. The molecule has 2 N–H and O–H groups in total. The molecule has 150 valence electrons. The van der Waals surface area contributed by atoms with Gasteiger partial charge in [0.15, 0.2) is 5.96 Å². The number of hydrogen-bond donors (Lipinski definition) is 2. The van der Waals surface area contributed by atoms with E-state index in [1.807, 2.05) is 29.9 Å². The summed E-state index contributed by atoms with van der Waals surface area (Å²) in [5.74, 6) is 1.83. The molecule has 1 unspecified atom stereocenters. The largest absolute Gasteiger partial charge is 0.469 e. The van der Waals surface area contributed by atoms with Crippen molar-refractivity contribution in [2.75, 3.05) is 26.2 Å². The molecule has 0 aromatic carbocycles. The number of rotatable bonds is 8. The van der Waals surface area contributed by atoms with Crippen LogP contribution in [0.4, 0.5) is 0 Å². The number of nitrogens with one attached hydrogen (secondary N) is 2. The number of guanidine groups is 1. The van der Waals surface area contributed by atoms with Crippen molar-refractivity contribution in [2.45, 2.75) is 38.8 Å². The summed E-state index contributed by atoms with van der Waals surface area (Å²) in [6, 6.07) is 6.51. The van der Waals surface area contributed by atoms with Crippen molar-refractivity contribution in [3.8, 4) is 0 Å². The van der Waals surface area contributed by atoms with E-state index in [9.17, 15) is 0 Å². The van der Waals surface area contributed by atoms with Crippen LogP contribution in [-0.4, -0.2) is 52.9 Å². The molecular formula is C19H31IN6O. The molecule has 1 fully saturated rings. The molecule has 0 saturated carbocycles. The summed E-state index contributed by atoms with van der Waals surface area (Å²) >= 11 is 0. The molecule has 7 nitrogen and oxygen atoms in total. The number of likely N-dealkylation sites (N-methyl/N-ethyl adjacent to an activating group) is 1. The van der Waals surface area contributed by atoms with Gasteiger partial charge in [0.2, 0.25) is 0 Å². The number of likely N-dealkylation sites (tertiary alicyclic amines) is 1. The molecule has 27 heavy (non-hydrogen) atoms. The Hall–Kier alpha value is -1.55. The summed E-state index contributed by atoms with van der Waals surface area (Å²) < 4.78 is 7.26.